The zero-order valence-electron chi connectivity index (χ0n) is 8.50. The van der Waals surface area contributed by atoms with Crippen molar-refractivity contribution in [1.82, 2.24) is 10.2 Å². The highest BCUT2D eigenvalue weighted by molar-refractivity contribution is 6.04. The maximum Gasteiger partial charge on any atom is 0.260 e. The predicted octanol–water partition coefficient (Wildman–Crippen LogP) is 1.87. The fourth-order valence-corrected chi connectivity index (χ4v) is 1.37. The molecule has 0 radical (unpaired) electrons. The second kappa shape index (κ2) is 3.61. The summed E-state index contributed by atoms with van der Waals surface area (Å²) in [4.78, 5) is 11.7. The quantitative estimate of drug-likeness (QED) is 0.786. The summed E-state index contributed by atoms with van der Waals surface area (Å²) in [7, 11) is 0. The van der Waals surface area contributed by atoms with Gasteiger partial charge in [-0.3, -0.25) is 9.89 Å². The molecule has 0 atom stereocenters. The summed E-state index contributed by atoms with van der Waals surface area (Å²) < 4.78 is 5.27. The van der Waals surface area contributed by atoms with Gasteiger partial charge >= 0.3 is 0 Å². The van der Waals surface area contributed by atoms with Crippen LogP contribution in [0, 0.1) is 13.8 Å². The number of carbonyl (C=O) groups is 1. The molecule has 0 saturated carbocycles. The van der Waals surface area contributed by atoms with Gasteiger partial charge in [0.2, 0.25) is 0 Å². The van der Waals surface area contributed by atoms with Crippen molar-refractivity contribution in [2.75, 3.05) is 5.32 Å². The number of anilines is 1. The number of rotatable bonds is 2. The Morgan fingerprint density at radius 3 is 2.87 bits per heavy atom. The molecule has 2 heterocycles. The molecule has 78 valence electrons. The maximum absolute atomic E-state index is 11.7. The van der Waals surface area contributed by atoms with Crippen molar-refractivity contribution in [2.24, 2.45) is 0 Å². The first-order valence-electron chi connectivity index (χ1n) is 4.54. The van der Waals surface area contributed by atoms with Crippen molar-refractivity contribution in [3.8, 4) is 0 Å². The number of H-pyrrole nitrogens is 1. The average Bonchev–Trinajstić information content (AvgIpc) is 2.75. The summed E-state index contributed by atoms with van der Waals surface area (Å²) in [5.74, 6) is 1.71. The van der Waals surface area contributed by atoms with Gasteiger partial charge in [0, 0.05) is 6.07 Å². The van der Waals surface area contributed by atoms with Crippen LogP contribution in [0.5, 0.6) is 0 Å². The van der Waals surface area contributed by atoms with Gasteiger partial charge in [0.1, 0.15) is 17.3 Å². The van der Waals surface area contributed by atoms with E-state index in [-0.39, 0.29) is 5.91 Å². The Morgan fingerprint density at radius 1 is 1.53 bits per heavy atom. The molecule has 1 amide bonds. The summed E-state index contributed by atoms with van der Waals surface area (Å²) in [6, 6.07) is 3.39. The van der Waals surface area contributed by atoms with E-state index >= 15 is 0 Å². The van der Waals surface area contributed by atoms with Crippen LogP contribution in [-0.4, -0.2) is 16.1 Å². The van der Waals surface area contributed by atoms with Gasteiger partial charge in [-0.15, -0.1) is 0 Å². The molecule has 0 unspecified atom stereocenters. The minimum Gasteiger partial charge on any atom is -0.466 e. The fraction of sp³-hybridized carbons (Fsp3) is 0.200. The number of carbonyl (C=O) groups excluding carboxylic acids is 1. The van der Waals surface area contributed by atoms with E-state index in [0.29, 0.717) is 17.1 Å². The summed E-state index contributed by atoms with van der Waals surface area (Å²) in [5, 5.41) is 9.06. The Hall–Kier alpha value is -2.04. The molecule has 2 aromatic rings. The van der Waals surface area contributed by atoms with Gasteiger partial charge < -0.3 is 9.73 Å². The molecule has 0 saturated heterocycles. The summed E-state index contributed by atoms with van der Waals surface area (Å²) in [6.45, 7) is 3.56. The third-order valence-corrected chi connectivity index (χ3v) is 2.03. The summed E-state index contributed by atoms with van der Waals surface area (Å²) in [5.41, 5.74) is 0.544. The van der Waals surface area contributed by atoms with E-state index in [2.05, 4.69) is 15.5 Å². The first-order valence-corrected chi connectivity index (χ1v) is 4.54. The molecule has 0 aliphatic carbocycles. The van der Waals surface area contributed by atoms with E-state index in [1.165, 1.54) is 0 Å². The minimum atomic E-state index is -0.200. The minimum absolute atomic E-state index is 0.200. The normalized spacial score (nSPS) is 10.3. The van der Waals surface area contributed by atoms with Gasteiger partial charge in [-0.05, 0) is 19.9 Å². The number of aryl methyl sites for hydroxylation is 2. The van der Waals surface area contributed by atoms with Crippen molar-refractivity contribution in [1.29, 1.82) is 0 Å². The van der Waals surface area contributed by atoms with Crippen molar-refractivity contribution in [3.05, 3.63) is 35.4 Å². The SMILES string of the molecule is Cc1cc(C(=O)Nc2ccn[nH]2)c(C)o1. The third-order valence-electron chi connectivity index (χ3n) is 2.03. The third kappa shape index (κ3) is 1.90. The zero-order valence-corrected chi connectivity index (χ0v) is 8.50. The Labute approximate surface area is 86.5 Å². The summed E-state index contributed by atoms with van der Waals surface area (Å²) >= 11 is 0. The van der Waals surface area contributed by atoms with Crippen molar-refractivity contribution in [2.45, 2.75) is 13.8 Å². The number of nitrogens with zero attached hydrogens (tertiary/aromatic N) is 1. The van der Waals surface area contributed by atoms with Crippen LogP contribution in [0.2, 0.25) is 0 Å². The molecule has 5 heteroatoms. The molecule has 0 aliphatic heterocycles. The Balaban J connectivity index is 2.18. The number of hydrogen-bond donors (Lipinski definition) is 2. The lowest BCUT2D eigenvalue weighted by Crippen LogP contribution is -2.12. The van der Waals surface area contributed by atoms with Crippen molar-refractivity contribution < 1.29 is 9.21 Å². The highest BCUT2D eigenvalue weighted by Crippen LogP contribution is 2.14. The standard InChI is InChI=1S/C10H11N3O2/c1-6-5-8(7(2)15-6)10(14)12-9-3-4-11-13-9/h3-5H,1-2H3,(H2,11,12,13,14). The number of aromatic amines is 1. The first-order chi connectivity index (χ1) is 7.16. The number of nitrogens with one attached hydrogen (secondary N) is 2. The van der Waals surface area contributed by atoms with Crippen LogP contribution < -0.4 is 5.32 Å². The maximum atomic E-state index is 11.7. The molecule has 0 aliphatic rings. The van der Waals surface area contributed by atoms with Crippen molar-refractivity contribution in [3.63, 3.8) is 0 Å². The molecule has 0 spiro atoms. The van der Waals surface area contributed by atoms with E-state index in [0.717, 1.165) is 5.76 Å². The van der Waals surface area contributed by atoms with Gasteiger partial charge in [0.15, 0.2) is 0 Å². The van der Waals surface area contributed by atoms with Crippen LogP contribution in [0.4, 0.5) is 5.82 Å². The lowest BCUT2D eigenvalue weighted by Gasteiger charge is -1.99. The molecule has 2 aromatic heterocycles. The van der Waals surface area contributed by atoms with Crippen molar-refractivity contribution >= 4 is 11.7 Å². The van der Waals surface area contributed by atoms with Crippen LogP contribution in [0.3, 0.4) is 0 Å². The van der Waals surface area contributed by atoms with Gasteiger partial charge in [0.25, 0.3) is 5.91 Å². The van der Waals surface area contributed by atoms with Crippen LogP contribution >= 0.6 is 0 Å². The van der Waals surface area contributed by atoms with Crippen LogP contribution in [-0.2, 0) is 0 Å². The molecule has 15 heavy (non-hydrogen) atoms. The first kappa shape index (κ1) is 9.51. The van der Waals surface area contributed by atoms with E-state index in [1.54, 1.807) is 32.2 Å². The smallest absolute Gasteiger partial charge is 0.260 e. The summed E-state index contributed by atoms with van der Waals surface area (Å²) in [6.07, 6.45) is 1.57. The lowest BCUT2D eigenvalue weighted by molar-refractivity contribution is 0.102. The zero-order chi connectivity index (χ0) is 10.8. The molecular formula is C10H11N3O2. The second-order valence-corrected chi connectivity index (χ2v) is 3.25. The molecule has 2 rings (SSSR count). The van der Waals surface area contributed by atoms with Gasteiger partial charge in [-0.1, -0.05) is 0 Å². The lowest BCUT2D eigenvalue weighted by atomic mass is 10.2. The Morgan fingerprint density at radius 2 is 2.33 bits per heavy atom. The molecule has 5 nitrogen and oxygen atoms in total. The number of aromatic nitrogens is 2. The van der Waals surface area contributed by atoms with Gasteiger partial charge in [-0.2, -0.15) is 5.10 Å². The molecular weight excluding hydrogens is 194 g/mol. The highest BCUT2D eigenvalue weighted by atomic mass is 16.3. The topological polar surface area (TPSA) is 70.9 Å². The molecule has 0 fully saturated rings. The van der Waals surface area contributed by atoms with Gasteiger partial charge in [0.05, 0.1) is 11.8 Å². The highest BCUT2D eigenvalue weighted by Gasteiger charge is 2.13. The second-order valence-electron chi connectivity index (χ2n) is 3.25. The molecule has 2 N–H and O–H groups in total. The van der Waals surface area contributed by atoms with Crippen LogP contribution in [0.15, 0.2) is 22.7 Å². The number of hydrogen-bond acceptors (Lipinski definition) is 3. The largest absolute Gasteiger partial charge is 0.466 e. The van der Waals surface area contributed by atoms with E-state index in [1.807, 2.05) is 0 Å². The number of furan rings is 1. The van der Waals surface area contributed by atoms with E-state index < -0.39 is 0 Å². The Bertz CT molecular complexity index is 471. The predicted molar refractivity (Wildman–Crippen MR) is 54.7 cm³/mol. The molecule has 0 aromatic carbocycles. The average molecular weight is 205 g/mol. The van der Waals surface area contributed by atoms with Crippen LogP contribution in [0.1, 0.15) is 21.9 Å². The van der Waals surface area contributed by atoms with Crippen LogP contribution in [0.25, 0.3) is 0 Å². The molecule has 0 bridgehead atoms. The van der Waals surface area contributed by atoms with Gasteiger partial charge in [-0.25, -0.2) is 0 Å². The van der Waals surface area contributed by atoms with E-state index in [9.17, 15) is 4.79 Å². The van der Waals surface area contributed by atoms with E-state index in [4.69, 9.17) is 4.42 Å². The Kier molecular flexibility index (Phi) is 2.29. The fourth-order valence-electron chi connectivity index (χ4n) is 1.37. The monoisotopic (exact) mass is 205 g/mol. The number of amides is 1.